The Bertz CT molecular complexity index is 846. The SMILES string of the molecule is Cc1ccccc1-c1nnn(CC(=O)Nc2cccc(Br)c2)n1. The van der Waals surface area contributed by atoms with Gasteiger partial charge in [0, 0.05) is 15.7 Å². The standard InChI is InChI=1S/C16H14BrN5O/c1-11-5-2-3-8-14(11)16-19-21-22(20-16)10-15(23)18-13-7-4-6-12(17)9-13/h2-9H,10H2,1H3,(H,18,23). The third kappa shape index (κ3) is 3.81. The van der Waals surface area contributed by atoms with E-state index in [9.17, 15) is 4.79 Å². The number of hydrogen-bond donors (Lipinski definition) is 1. The number of anilines is 1. The van der Waals surface area contributed by atoms with E-state index >= 15 is 0 Å². The van der Waals surface area contributed by atoms with E-state index < -0.39 is 0 Å². The first-order valence-corrected chi connectivity index (χ1v) is 7.80. The summed E-state index contributed by atoms with van der Waals surface area (Å²) in [6.45, 7) is 1.99. The number of aromatic nitrogens is 4. The highest BCUT2D eigenvalue weighted by molar-refractivity contribution is 9.10. The molecule has 3 aromatic rings. The number of carbonyl (C=O) groups excluding carboxylic acids is 1. The van der Waals surface area contributed by atoms with Crippen LogP contribution in [0, 0.1) is 6.92 Å². The van der Waals surface area contributed by atoms with Crippen LogP contribution in [0.2, 0.25) is 0 Å². The van der Waals surface area contributed by atoms with Crippen molar-refractivity contribution in [2.45, 2.75) is 13.5 Å². The van der Waals surface area contributed by atoms with Gasteiger partial charge in [0.15, 0.2) is 0 Å². The zero-order valence-corrected chi connectivity index (χ0v) is 14.0. The van der Waals surface area contributed by atoms with Crippen LogP contribution in [0.15, 0.2) is 53.0 Å². The van der Waals surface area contributed by atoms with Gasteiger partial charge in [-0.05, 0) is 35.9 Å². The van der Waals surface area contributed by atoms with E-state index in [-0.39, 0.29) is 12.5 Å². The van der Waals surface area contributed by atoms with Crippen molar-refractivity contribution in [1.29, 1.82) is 0 Å². The first-order valence-electron chi connectivity index (χ1n) is 7.01. The molecule has 0 bridgehead atoms. The van der Waals surface area contributed by atoms with Crippen molar-refractivity contribution in [3.05, 3.63) is 58.6 Å². The second-order valence-corrected chi connectivity index (χ2v) is 5.93. The molecule has 116 valence electrons. The summed E-state index contributed by atoms with van der Waals surface area (Å²) in [5, 5.41) is 15.0. The third-order valence-corrected chi connectivity index (χ3v) is 3.73. The molecule has 1 heterocycles. The van der Waals surface area contributed by atoms with Crippen molar-refractivity contribution in [1.82, 2.24) is 20.2 Å². The van der Waals surface area contributed by atoms with E-state index in [0.717, 1.165) is 15.6 Å². The van der Waals surface area contributed by atoms with Crippen LogP contribution < -0.4 is 5.32 Å². The first kappa shape index (κ1) is 15.4. The highest BCUT2D eigenvalue weighted by Gasteiger charge is 2.11. The molecule has 3 rings (SSSR count). The molecule has 0 fully saturated rings. The Balaban J connectivity index is 1.69. The normalized spacial score (nSPS) is 10.5. The fourth-order valence-corrected chi connectivity index (χ4v) is 2.54. The predicted molar refractivity (Wildman–Crippen MR) is 90.8 cm³/mol. The van der Waals surface area contributed by atoms with E-state index in [2.05, 4.69) is 36.7 Å². The summed E-state index contributed by atoms with van der Waals surface area (Å²) in [5.41, 5.74) is 2.68. The van der Waals surface area contributed by atoms with Crippen LogP contribution in [-0.2, 0) is 11.3 Å². The summed E-state index contributed by atoms with van der Waals surface area (Å²) in [4.78, 5) is 13.3. The highest BCUT2D eigenvalue weighted by atomic mass is 79.9. The molecular weight excluding hydrogens is 358 g/mol. The molecule has 0 aliphatic heterocycles. The van der Waals surface area contributed by atoms with Gasteiger partial charge in [-0.2, -0.15) is 4.80 Å². The number of benzene rings is 2. The molecule has 1 amide bonds. The third-order valence-electron chi connectivity index (χ3n) is 3.23. The molecule has 1 aromatic heterocycles. The maximum Gasteiger partial charge on any atom is 0.248 e. The van der Waals surface area contributed by atoms with Crippen molar-refractivity contribution in [3.8, 4) is 11.4 Å². The first-order chi connectivity index (χ1) is 11.1. The van der Waals surface area contributed by atoms with Gasteiger partial charge in [-0.25, -0.2) is 0 Å². The molecule has 0 unspecified atom stereocenters. The smallest absolute Gasteiger partial charge is 0.248 e. The second-order valence-electron chi connectivity index (χ2n) is 5.02. The second kappa shape index (κ2) is 6.70. The van der Waals surface area contributed by atoms with Crippen molar-refractivity contribution >= 4 is 27.5 Å². The summed E-state index contributed by atoms with van der Waals surface area (Å²) in [7, 11) is 0. The zero-order valence-electron chi connectivity index (χ0n) is 12.4. The number of amides is 1. The molecule has 23 heavy (non-hydrogen) atoms. The Hall–Kier alpha value is -2.54. The molecule has 6 nitrogen and oxygen atoms in total. The molecule has 0 saturated heterocycles. The number of hydrogen-bond acceptors (Lipinski definition) is 4. The van der Waals surface area contributed by atoms with E-state index in [0.29, 0.717) is 11.5 Å². The molecule has 0 spiro atoms. The van der Waals surface area contributed by atoms with E-state index in [1.807, 2.05) is 55.5 Å². The van der Waals surface area contributed by atoms with Crippen molar-refractivity contribution < 1.29 is 4.79 Å². The fourth-order valence-electron chi connectivity index (χ4n) is 2.14. The van der Waals surface area contributed by atoms with Gasteiger partial charge in [0.05, 0.1) is 0 Å². The number of halogens is 1. The van der Waals surface area contributed by atoms with Crippen LogP contribution in [-0.4, -0.2) is 26.1 Å². The molecule has 0 radical (unpaired) electrons. The van der Waals surface area contributed by atoms with Crippen LogP contribution in [0.4, 0.5) is 5.69 Å². The fraction of sp³-hybridized carbons (Fsp3) is 0.125. The summed E-state index contributed by atoms with van der Waals surface area (Å²) >= 11 is 3.36. The monoisotopic (exact) mass is 371 g/mol. The van der Waals surface area contributed by atoms with Crippen LogP contribution in [0.25, 0.3) is 11.4 Å². The van der Waals surface area contributed by atoms with Gasteiger partial charge < -0.3 is 5.32 Å². The van der Waals surface area contributed by atoms with Crippen LogP contribution in [0.5, 0.6) is 0 Å². The number of nitrogens with one attached hydrogen (secondary N) is 1. The summed E-state index contributed by atoms with van der Waals surface area (Å²) in [6, 6.07) is 15.2. The molecule has 0 atom stereocenters. The zero-order chi connectivity index (χ0) is 16.2. The van der Waals surface area contributed by atoms with Gasteiger partial charge >= 0.3 is 0 Å². The summed E-state index contributed by atoms with van der Waals surface area (Å²) < 4.78 is 0.899. The lowest BCUT2D eigenvalue weighted by Crippen LogP contribution is -2.20. The molecule has 0 aliphatic rings. The van der Waals surface area contributed by atoms with Gasteiger partial charge in [-0.3, -0.25) is 4.79 Å². The molecular formula is C16H14BrN5O. The van der Waals surface area contributed by atoms with E-state index in [1.54, 1.807) is 0 Å². The maximum absolute atomic E-state index is 12.1. The van der Waals surface area contributed by atoms with Crippen LogP contribution >= 0.6 is 15.9 Å². The minimum absolute atomic E-state index is 0.00535. The van der Waals surface area contributed by atoms with Gasteiger partial charge in [0.2, 0.25) is 11.7 Å². The molecule has 0 saturated carbocycles. The Morgan fingerprint density at radius 2 is 2.04 bits per heavy atom. The lowest BCUT2D eigenvalue weighted by molar-refractivity contribution is -0.117. The maximum atomic E-state index is 12.1. The highest BCUT2D eigenvalue weighted by Crippen LogP contribution is 2.18. The summed E-state index contributed by atoms with van der Waals surface area (Å²) in [6.07, 6.45) is 0. The lowest BCUT2D eigenvalue weighted by atomic mass is 10.1. The number of rotatable bonds is 4. The van der Waals surface area contributed by atoms with Gasteiger partial charge in [-0.1, -0.05) is 46.3 Å². The lowest BCUT2D eigenvalue weighted by Gasteiger charge is -2.04. The summed E-state index contributed by atoms with van der Waals surface area (Å²) in [5.74, 6) is 0.301. The predicted octanol–water partition coefficient (Wildman–Crippen LogP) is 3.05. The minimum atomic E-state index is -0.211. The van der Waals surface area contributed by atoms with Crippen LogP contribution in [0.3, 0.4) is 0 Å². The number of tetrazole rings is 1. The van der Waals surface area contributed by atoms with Gasteiger partial charge in [0.1, 0.15) is 6.54 Å². The van der Waals surface area contributed by atoms with E-state index in [4.69, 9.17) is 0 Å². The molecule has 0 aliphatic carbocycles. The molecule has 1 N–H and O–H groups in total. The van der Waals surface area contributed by atoms with Gasteiger partial charge in [-0.15, -0.1) is 10.2 Å². The van der Waals surface area contributed by atoms with Gasteiger partial charge in [0.25, 0.3) is 0 Å². The van der Waals surface area contributed by atoms with E-state index in [1.165, 1.54) is 4.80 Å². The molecule has 2 aromatic carbocycles. The Labute approximate surface area is 141 Å². The number of carbonyl (C=O) groups is 1. The van der Waals surface area contributed by atoms with Crippen LogP contribution in [0.1, 0.15) is 5.56 Å². The topological polar surface area (TPSA) is 72.7 Å². The Morgan fingerprint density at radius 3 is 2.83 bits per heavy atom. The minimum Gasteiger partial charge on any atom is -0.324 e. The average Bonchev–Trinajstić information content (AvgIpc) is 2.95. The van der Waals surface area contributed by atoms with Crippen molar-refractivity contribution in [2.24, 2.45) is 0 Å². The number of nitrogens with zero attached hydrogens (tertiary/aromatic N) is 4. The number of aryl methyl sites for hydroxylation is 1. The quantitative estimate of drug-likeness (QED) is 0.764. The molecule has 7 heteroatoms. The Kier molecular flexibility index (Phi) is 4.47. The Morgan fingerprint density at radius 1 is 1.22 bits per heavy atom. The van der Waals surface area contributed by atoms with Crippen molar-refractivity contribution in [3.63, 3.8) is 0 Å². The largest absolute Gasteiger partial charge is 0.324 e. The average molecular weight is 372 g/mol. The van der Waals surface area contributed by atoms with Crippen molar-refractivity contribution in [2.75, 3.05) is 5.32 Å².